The number of benzene rings is 3. The summed E-state index contributed by atoms with van der Waals surface area (Å²) in [5.74, 6) is 0. The SMILES string of the molecule is CB1c2cc(C)ccc2N(c2ccccc2C)c2ccc(C)cc21. The summed E-state index contributed by atoms with van der Waals surface area (Å²) in [6, 6.07) is 22.3. The molecule has 0 fully saturated rings. The molecule has 0 unspecified atom stereocenters. The van der Waals surface area contributed by atoms with Crippen LogP contribution in [0.5, 0.6) is 0 Å². The topological polar surface area (TPSA) is 3.24 Å². The molecule has 0 amide bonds. The summed E-state index contributed by atoms with van der Waals surface area (Å²) >= 11 is 0. The van der Waals surface area contributed by atoms with E-state index in [1.54, 1.807) is 0 Å². The van der Waals surface area contributed by atoms with Crippen molar-refractivity contribution in [3.05, 3.63) is 77.4 Å². The first-order valence-corrected chi connectivity index (χ1v) is 8.63. The highest BCUT2D eigenvalue weighted by molar-refractivity contribution is 6.87. The van der Waals surface area contributed by atoms with E-state index in [9.17, 15) is 0 Å². The van der Waals surface area contributed by atoms with Crippen molar-refractivity contribution in [3.8, 4) is 0 Å². The van der Waals surface area contributed by atoms with Crippen molar-refractivity contribution in [2.75, 3.05) is 4.90 Å². The van der Waals surface area contributed by atoms with Crippen LogP contribution in [-0.2, 0) is 0 Å². The van der Waals surface area contributed by atoms with Gasteiger partial charge in [-0.25, -0.2) is 0 Å². The van der Waals surface area contributed by atoms with Gasteiger partial charge in [-0.15, -0.1) is 0 Å². The molecule has 0 spiro atoms. The number of fused-ring (bicyclic) bond motifs is 2. The number of hydrogen-bond donors (Lipinski definition) is 0. The summed E-state index contributed by atoms with van der Waals surface area (Å²) in [5.41, 5.74) is 10.6. The number of aryl methyl sites for hydroxylation is 3. The lowest BCUT2D eigenvalue weighted by Crippen LogP contribution is -2.48. The highest BCUT2D eigenvalue weighted by Crippen LogP contribution is 2.37. The second-order valence-corrected chi connectivity index (χ2v) is 6.97. The zero-order valence-electron chi connectivity index (χ0n) is 14.8. The number of rotatable bonds is 1. The lowest BCUT2D eigenvalue weighted by molar-refractivity contribution is 1.25. The molecule has 4 rings (SSSR count). The summed E-state index contributed by atoms with van der Waals surface area (Å²) in [5, 5.41) is 0. The maximum atomic E-state index is 2.43. The van der Waals surface area contributed by atoms with Crippen LogP contribution in [0.25, 0.3) is 0 Å². The summed E-state index contributed by atoms with van der Waals surface area (Å²) in [7, 11) is 0. The summed E-state index contributed by atoms with van der Waals surface area (Å²) in [4.78, 5) is 2.43. The Morgan fingerprint density at radius 3 is 1.75 bits per heavy atom. The number of nitrogens with zero attached hydrogens (tertiary/aromatic N) is 1. The predicted octanol–water partition coefficient (Wildman–Crippen LogP) is 4.63. The van der Waals surface area contributed by atoms with Gasteiger partial charge in [0.05, 0.1) is 0 Å². The Kier molecular flexibility index (Phi) is 3.49. The van der Waals surface area contributed by atoms with Crippen LogP contribution in [0.2, 0.25) is 6.82 Å². The van der Waals surface area contributed by atoms with Crippen LogP contribution in [0.1, 0.15) is 16.7 Å². The zero-order valence-corrected chi connectivity index (χ0v) is 14.8. The third kappa shape index (κ3) is 2.25. The first-order chi connectivity index (χ1) is 11.6. The molecule has 0 radical (unpaired) electrons. The van der Waals surface area contributed by atoms with Gasteiger partial charge in [-0.05, 0) is 44.5 Å². The largest absolute Gasteiger partial charge is 0.311 e. The Morgan fingerprint density at radius 2 is 1.21 bits per heavy atom. The molecule has 1 aliphatic rings. The fourth-order valence-electron chi connectivity index (χ4n) is 3.82. The van der Waals surface area contributed by atoms with Gasteiger partial charge in [0.1, 0.15) is 0 Å². The van der Waals surface area contributed by atoms with Crippen LogP contribution in [0.15, 0.2) is 60.7 Å². The molecule has 0 aromatic heterocycles. The van der Waals surface area contributed by atoms with Crippen molar-refractivity contribution in [2.45, 2.75) is 27.6 Å². The zero-order chi connectivity index (χ0) is 16.8. The Morgan fingerprint density at radius 1 is 0.667 bits per heavy atom. The van der Waals surface area contributed by atoms with E-state index in [2.05, 4.69) is 93.2 Å². The van der Waals surface area contributed by atoms with E-state index < -0.39 is 0 Å². The molecule has 3 aromatic rings. The fourth-order valence-corrected chi connectivity index (χ4v) is 3.82. The number of hydrogen-bond acceptors (Lipinski definition) is 1. The van der Waals surface area contributed by atoms with E-state index in [0.29, 0.717) is 6.71 Å². The van der Waals surface area contributed by atoms with Crippen LogP contribution in [-0.4, -0.2) is 6.71 Å². The summed E-state index contributed by atoms with van der Waals surface area (Å²) in [6.45, 7) is 9.28. The predicted molar refractivity (Wildman–Crippen MR) is 106 cm³/mol. The van der Waals surface area contributed by atoms with Crippen LogP contribution in [0, 0.1) is 20.8 Å². The van der Waals surface area contributed by atoms with Crippen molar-refractivity contribution in [1.29, 1.82) is 0 Å². The molecule has 0 bridgehead atoms. The van der Waals surface area contributed by atoms with Crippen LogP contribution < -0.4 is 15.8 Å². The minimum absolute atomic E-state index is 0.412. The maximum Gasteiger partial charge on any atom is 0.211 e. The molecule has 3 aromatic carbocycles. The molecule has 0 saturated heterocycles. The van der Waals surface area contributed by atoms with E-state index in [4.69, 9.17) is 0 Å². The quantitative estimate of drug-likeness (QED) is 0.592. The molecule has 0 saturated carbocycles. The lowest BCUT2D eigenvalue weighted by atomic mass is 9.40. The van der Waals surface area contributed by atoms with Crippen LogP contribution in [0.4, 0.5) is 17.1 Å². The van der Waals surface area contributed by atoms with Gasteiger partial charge in [0.25, 0.3) is 0 Å². The molecular weight excluding hydrogens is 289 g/mol. The first-order valence-electron chi connectivity index (χ1n) is 8.63. The number of para-hydroxylation sites is 1. The fraction of sp³-hybridized carbons (Fsp3) is 0.182. The maximum absolute atomic E-state index is 2.43. The van der Waals surface area contributed by atoms with Gasteiger partial charge < -0.3 is 4.90 Å². The first kappa shape index (κ1) is 15.1. The molecule has 0 aliphatic carbocycles. The molecule has 0 N–H and O–H groups in total. The summed E-state index contributed by atoms with van der Waals surface area (Å²) in [6.07, 6.45) is 0. The molecule has 2 heteroatoms. The molecule has 0 atom stereocenters. The third-order valence-electron chi connectivity index (χ3n) is 5.14. The van der Waals surface area contributed by atoms with E-state index in [0.717, 1.165) is 0 Å². The van der Waals surface area contributed by atoms with Gasteiger partial charge in [-0.1, -0.05) is 71.3 Å². The molecule has 1 nitrogen and oxygen atoms in total. The third-order valence-corrected chi connectivity index (χ3v) is 5.14. The van der Waals surface area contributed by atoms with Gasteiger partial charge in [0, 0.05) is 17.1 Å². The van der Waals surface area contributed by atoms with Crippen molar-refractivity contribution in [1.82, 2.24) is 0 Å². The second kappa shape index (κ2) is 5.56. The minimum Gasteiger partial charge on any atom is -0.311 e. The summed E-state index contributed by atoms with van der Waals surface area (Å²) < 4.78 is 0. The van der Waals surface area contributed by atoms with Gasteiger partial charge in [-0.3, -0.25) is 0 Å². The minimum atomic E-state index is 0.412. The molecule has 24 heavy (non-hydrogen) atoms. The highest BCUT2D eigenvalue weighted by Gasteiger charge is 2.31. The van der Waals surface area contributed by atoms with Gasteiger partial charge in [-0.2, -0.15) is 0 Å². The van der Waals surface area contributed by atoms with Gasteiger partial charge in [0.2, 0.25) is 6.71 Å². The Balaban J connectivity index is 2.04. The Labute approximate surface area is 145 Å². The molecular formula is C22H22BN. The van der Waals surface area contributed by atoms with Gasteiger partial charge in [0.15, 0.2) is 0 Å². The van der Waals surface area contributed by atoms with E-state index in [-0.39, 0.29) is 0 Å². The van der Waals surface area contributed by atoms with Crippen molar-refractivity contribution in [3.63, 3.8) is 0 Å². The van der Waals surface area contributed by atoms with E-state index >= 15 is 0 Å². The van der Waals surface area contributed by atoms with Crippen LogP contribution in [0.3, 0.4) is 0 Å². The molecule has 118 valence electrons. The van der Waals surface area contributed by atoms with Crippen molar-refractivity contribution >= 4 is 34.7 Å². The average molecular weight is 311 g/mol. The van der Waals surface area contributed by atoms with E-state index in [1.807, 2.05) is 0 Å². The van der Waals surface area contributed by atoms with Crippen molar-refractivity contribution < 1.29 is 0 Å². The smallest absolute Gasteiger partial charge is 0.211 e. The number of anilines is 3. The van der Waals surface area contributed by atoms with Gasteiger partial charge >= 0.3 is 0 Å². The monoisotopic (exact) mass is 311 g/mol. The van der Waals surface area contributed by atoms with E-state index in [1.165, 1.54) is 44.7 Å². The van der Waals surface area contributed by atoms with Crippen LogP contribution >= 0.6 is 0 Å². The average Bonchev–Trinajstić information content (AvgIpc) is 2.57. The second-order valence-electron chi connectivity index (χ2n) is 6.97. The lowest BCUT2D eigenvalue weighted by Gasteiger charge is -2.37. The standard InChI is InChI=1S/C22H22BN/c1-15-9-11-21-18(13-15)23(4)19-14-16(2)10-12-22(19)24(21)20-8-6-5-7-17(20)3/h5-14H,1-4H3. The molecule has 1 aliphatic heterocycles. The Hall–Kier alpha value is -2.48. The molecule has 1 heterocycles. The normalized spacial score (nSPS) is 12.8. The Bertz CT molecular complexity index is 876. The van der Waals surface area contributed by atoms with Crippen molar-refractivity contribution in [2.24, 2.45) is 0 Å². The highest BCUT2D eigenvalue weighted by atomic mass is 15.2.